The van der Waals surface area contributed by atoms with Gasteiger partial charge < -0.3 is 25.4 Å². The lowest BCUT2D eigenvalue weighted by Crippen LogP contribution is -2.22. The molecule has 0 aliphatic carbocycles. The van der Waals surface area contributed by atoms with Crippen LogP contribution in [0, 0.1) is 5.82 Å². The van der Waals surface area contributed by atoms with Crippen molar-refractivity contribution in [3.8, 4) is 11.5 Å². The monoisotopic (exact) mass is 372 g/mol. The van der Waals surface area contributed by atoms with Gasteiger partial charge in [0.1, 0.15) is 5.82 Å². The first kappa shape index (κ1) is 19.0. The highest BCUT2D eigenvalue weighted by molar-refractivity contribution is 5.92. The van der Waals surface area contributed by atoms with Gasteiger partial charge in [0.15, 0.2) is 17.5 Å². The van der Waals surface area contributed by atoms with E-state index in [0.29, 0.717) is 37.6 Å². The van der Waals surface area contributed by atoms with E-state index in [1.807, 2.05) is 43.3 Å². The Labute approximate surface area is 158 Å². The molecular weight excluding hydrogens is 347 g/mol. The smallest absolute Gasteiger partial charge is 0.193 e. The minimum Gasteiger partial charge on any atom is -0.490 e. The minimum atomic E-state index is -0.213. The lowest BCUT2D eigenvalue weighted by molar-refractivity contribution is 0.297. The highest BCUT2D eigenvalue weighted by Gasteiger charge is 2.11. The number of ether oxygens (including phenoxy) is 2. The minimum absolute atomic E-state index is 0.213. The van der Waals surface area contributed by atoms with Crippen LogP contribution in [-0.2, 0) is 13.1 Å². The highest BCUT2D eigenvalue weighted by atomic mass is 19.1. The van der Waals surface area contributed by atoms with Gasteiger partial charge in [-0.3, -0.25) is 0 Å². The molecule has 0 saturated heterocycles. The Kier molecular flexibility index (Phi) is 6.13. The van der Waals surface area contributed by atoms with Crippen molar-refractivity contribution in [2.75, 3.05) is 32.6 Å². The van der Waals surface area contributed by atoms with Crippen LogP contribution in [0.2, 0.25) is 0 Å². The molecule has 0 amide bonds. The van der Waals surface area contributed by atoms with Crippen LogP contribution in [0.4, 0.5) is 10.1 Å². The van der Waals surface area contributed by atoms with E-state index in [9.17, 15) is 4.39 Å². The van der Waals surface area contributed by atoms with Crippen molar-refractivity contribution in [3.63, 3.8) is 0 Å². The van der Waals surface area contributed by atoms with Gasteiger partial charge in [-0.2, -0.15) is 0 Å². The third-order valence-electron chi connectivity index (χ3n) is 4.05. The lowest BCUT2D eigenvalue weighted by atomic mass is 10.1. The number of halogens is 1. The van der Waals surface area contributed by atoms with E-state index in [2.05, 4.69) is 10.3 Å². The van der Waals surface area contributed by atoms with Crippen LogP contribution < -0.4 is 20.5 Å². The molecule has 0 aromatic heterocycles. The molecule has 2 aromatic rings. The van der Waals surface area contributed by atoms with Crippen molar-refractivity contribution in [2.24, 2.45) is 10.7 Å². The number of fused-ring (bicyclic) bond motifs is 1. The van der Waals surface area contributed by atoms with Gasteiger partial charge in [0.2, 0.25) is 0 Å². The Morgan fingerprint density at radius 2 is 1.93 bits per heavy atom. The van der Waals surface area contributed by atoms with E-state index >= 15 is 0 Å². The number of hydrogen-bond acceptors (Lipinski definition) is 4. The summed E-state index contributed by atoms with van der Waals surface area (Å²) in [5.74, 6) is 1.49. The van der Waals surface area contributed by atoms with Gasteiger partial charge in [-0.05, 0) is 43.9 Å². The van der Waals surface area contributed by atoms with Crippen molar-refractivity contribution in [1.82, 2.24) is 4.90 Å². The van der Waals surface area contributed by atoms with Crippen LogP contribution in [0.1, 0.15) is 17.5 Å². The number of aliphatic imine (C=N–C) groups is 1. The zero-order valence-electron chi connectivity index (χ0n) is 15.7. The summed E-state index contributed by atoms with van der Waals surface area (Å²) in [6, 6.07) is 10.6. The normalized spacial score (nSPS) is 14.1. The van der Waals surface area contributed by atoms with Crippen LogP contribution in [0.15, 0.2) is 41.4 Å². The largest absolute Gasteiger partial charge is 0.490 e. The first-order chi connectivity index (χ1) is 13.0. The molecule has 3 rings (SSSR count). The SMILES string of the molecule is CN(C)Cc1cc(CN=C(N)Nc2ccc3c(c2)OCCCO3)ccc1F. The molecule has 1 aliphatic rings. The number of nitrogens with two attached hydrogens (primary N) is 1. The van der Waals surface area contributed by atoms with E-state index in [-0.39, 0.29) is 11.8 Å². The first-order valence-corrected chi connectivity index (χ1v) is 8.90. The van der Waals surface area contributed by atoms with Crippen molar-refractivity contribution in [1.29, 1.82) is 0 Å². The van der Waals surface area contributed by atoms with Crippen LogP contribution >= 0.6 is 0 Å². The Balaban J connectivity index is 1.65. The van der Waals surface area contributed by atoms with E-state index in [4.69, 9.17) is 15.2 Å². The van der Waals surface area contributed by atoms with Crippen molar-refractivity contribution >= 4 is 11.6 Å². The second-order valence-electron chi connectivity index (χ2n) is 6.70. The summed E-state index contributed by atoms with van der Waals surface area (Å²) in [6.07, 6.45) is 0.856. The molecule has 0 spiro atoms. The summed E-state index contributed by atoms with van der Waals surface area (Å²) in [5.41, 5.74) is 8.31. The van der Waals surface area contributed by atoms with E-state index in [1.54, 1.807) is 6.07 Å². The van der Waals surface area contributed by atoms with Crippen molar-refractivity contribution < 1.29 is 13.9 Å². The van der Waals surface area contributed by atoms with Gasteiger partial charge in [-0.1, -0.05) is 6.07 Å². The number of guanidine groups is 1. The predicted octanol–water partition coefficient (Wildman–Crippen LogP) is 2.98. The standard InChI is InChI=1S/C20H25FN4O2/c1-25(2)13-15-10-14(4-6-17(15)21)12-23-20(22)24-16-5-7-18-19(11-16)27-9-3-8-26-18/h4-7,10-11H,3,8-9,12-13H2,1-2H3,(H3,22,23,24). The summed E-state index contributed by atoms with van der Waals surface area (Å²) in [4.78, 5) is 6.27. The molecule has 1 heterocycles. The second-order valence-corrected chi connectivity index (χ2v) is 6.70. The van der Waals surface area contributed by atoms with Gasteiger partial charge in [0.05, 0.1) is 19.8 Å². The molecule has 144 valence electrons. The van der Waals surface area contributed by atoms with Crippen LogP contribution in [0.3, 0.4) is 0 Å². The topological polar surface area (TPSA) is 72.1 Å². The zero-order valence-corrected chi connectivity index (χ0v) is 15.7. The fourth-order valence-electron chi connectivity index (χ4n) is 2.79. The van der Waals surface area contributed by atoms with Crippen LogP contribution in [-0.4, -0.2) is 38.2 Å². The third-order valence-corrected chi connectivity index (χ3v) is 4.05. The van der Waals surface area contributed by atoms with E-state index < -0.39 is 0 Å². The average Bonchev–Trinajstić information content (AvgIpc) is 2.87. The number of rotatable bonds is 5. The first-order valence-electron chi connectivity index (χ1n) is 8.90. The molecular formula is C20H25FN4O2. The predicted molar refractivity (Wildman–Crippen MR) is 105 cm³/mol. The number of benzene rings is 2. The van der Waals surface area contributed by atoms with Gasteiger partial charge in [-0.25, -0.2) is 9.38 Å². The average molecular weight is 372 g/mol. The fourth-order valence-corrected chi connectivity index (χ4v) is 2.79. The Bertz CT molecular complexity index is 824. The Hall–Kier alpha value is -2.80. The maximum atomic E-state index is 13.9. The molecule has 1 aliphatic heterocycles. The number of hydrogen-bond donors (Lipinski definition) is 2. The van der Waals surface area contributed by atoms with E-state index in [0.717, 1.165) is 23.4 Å². The molecule has 7 heteroatoms. The van der Waals surface area contributed by atoms with Crippen molar-refractivity contribution in [2.45, 2.75) is 19.5 Å². The number of nitrogens with one attached hydrogen (secondary N) is 1. The number of nitrogens with zero attached hydrogens (tertiary/aromatic N) is 2. The van der Waals surface area contributed by atoms with Crippen molar-refractivity contribution in [3.05, 3.63) is 53.3 Å². The molecule has 0 saturated carbocycles. The molecule has 0 radical (unpaired) electrons. The Morgan fingerprint density at radius 1 is 1.15 bits per heavy atom. The quantitative estimate of drug-likeness (QED) is 0.624. The lowest BCUT2D eigenvalue weighted by Gasteiger charge is -2.12. The molecule has 0 fully saturated rings. The zero-order chi connectivity index (χ0) is 19.2. The second kappa shape index (κ2) is 8.73. The molecule has 3 N–H and O–H groups in total. The molecule has 0 unspecified atom stereocenters. The molecule has 6 nitrogen and oxygen atoms in total. The van der Waals surface area contributed by atoms with Gasteiger partial charge in [-0.15, -0.1) is 0 Å². The number of anilines is 1. The molecule has 2 aromatic carbocycles. The molecule has 0 atom stereocenters. The van der Waals surface area contributed by atoms with Gasteiger partial charge in [0.25, 0.3) is 0 Å². The molecule has 0 bridgehead atoms. The maximum absolute atomic E-state index is 13.9. The van der Waals surface area contributed by atoms with E-state index in [1.165, 1.54) is 6.07 Å². The highest BCUT2D eigenvalue weighted by Crippen LogP contribution is 2.32. The molecule has 27 heavy (non-hydrogen) atoms. The van der Waals surface area contributed by atoms with Gasteiger partial charge >= 0.3 is 0 Å². The summed E-state index contributed by atoms with van der Waals surface area (Å²) >= 11 is 0. The summed E-state index contributed by atoms with van der Waals surface area (Å²) < 4.78 is 25.1. The summed E-state index contributed by atoms with van der Waals surface area (Å²) in [6.45, 7) is 2.18. The third kappa shape index (κ3) is 5.34. The Morgan fingerprint density at radius 3 is 2.70 bits per heavy atom. The maximum Gasteiger partial charge on any atom is 0.193 e. The van der Waals surface area contributed by atoms with Crippen LogP contribution in [0.5, 0.6) is 11.5 Å². The van der Waals surface area contributed by atoms with Crippen LogP contribution in [0.25, 0.3) is 0 Å². The summed E-state index contributed by atoms with van der Waals surface area (Å²) in [5, 5.41) is 3.05. The van der Waals surface area contributed by atoms with Gasteiger partial charge in [0, 0.05) is 30.3 Å². The fraction of sp³-hybridized carbons (Fsp3) is 0.350. The summed E-state index contributed by atoms with van der Waals surface area (Å²) in [7, 11) is 3.81.